The van der Waals surface area contributed by atoms with Gasteiger partial charge in [-0.1, -0.05) is 31.2 Å². The third kappa shape index (κ3) is 6.31. The number of methoxy groups -OCH3 is 1. The van der Waals surface area contributed by atoms with E-state index in [-0.39, 0.29) is 11.6 Å². The van der Waals surface area contributed by atoms with Gasteiger partial charge in [-0.25, -0.2) is 4.39 Å². The summed E-state index contributed by atoms with van der Waals surface area (Å²) in [4.78, 5) is 5.45. The minimum absolute atomic E-state index is 0.248. The summed E-state index contributed by atoms with van der Waals surface area (Å²) in [6.45, 7) is 3.42. The van der Waals surface area contributed by atoms with Crippen LogP contribution in [0.3, 0.4) is 0 Å². The maximum atomic E-state index is 13.7. The highest BCUT2D eigenvalue weighted by Gasteiger charge is 2.07. The summed E-state index contributed by atoms with van der Waals surface area (Å²) in [5.41, 5.74) is 0.827. The molecule has 25 heavy (non-hydrogen) atoms. The lowest BCUT2D eigenvalue weighted by atomic mass is 10.2. The standard InChI is InChI=1S/C19H24FN3OS/c1-14(25-16-7-5-4-6-8-16)12-22-19(21-2)23-13-15-9-10-18(24-3)17(20)11-15/h4-11,14H,12-13H2,1-3H3,(H2,21,22,23). The van der Waals surface area contributed by atoms with Crippen LogP contribution < -0.4 is 15.4 Å². The molecule has 134 valence electrons. The summed E-state index contributed by atoms with van der Waals surface area (Å²) in [5.74, 6) is 0.576. The van der Waals surface area contributed by atoms with Gasteiger partial charge in [0, 0.05) is 30.3 Å². The van der Waals surface area contributed by atoms with Gasteiger partial charge in [0.25, 0.3) is 0 Å². The molecule has 2 N–H and O–H groups in total. The second-order valence-electron chi connectivity index (χ2n) is 5.52. The van der Waals surface area contributed by atoms with Crippen LogP contribution in [0.2, 0.25) is 0 Å². The fraction of sp³-hybridized carbons (Fsp3) is 0.316. The number of thioether (sulfide) groups is 1. The van der Waals surface area contributed by atoms with Gasteiger partial charge in [-0.2, -0.15) is 0 Å². The summed E-state index contributed by atoms with van der Waals surface area (Å²) in [6.07, 6.45) is 0. The zero-order chi connectivity index (χ0) is 18.1. The normalized spacial score (nSPS) is 12.6. The van der Waals surface area contributed by atoms with E-state index in [1.807, 2.05) is 36.0 Å². The molecule has 0 aliphatic rings. The van der Waals surface area contributed by atoms with Gasteiger partial charge in [-0.3, -0.25) is 4.99 Å². The van der Waals surface area contributed by atoms with Crippen molar-refractivity contribution < 1.29 is 9.13 Å². The molecule has 2 aromatic carbocycles. The average molecular weight is 361 g/mol. The molecule has 0 aliphatic carbocycles. The first-order chi connectivity index (χ1) is 12.1. The van der Waals surface area contributed by atoms with Crippen molar-refractivity contribution in [3.8, 4) is 5.75 Å². The fourth-order valence-corrected chi connectivity index (χ4v) is 3.19. The first kappa shape index (κ1) is 19.1. The van der Waals surface area contributed by atoms with Gasteiger partial charge in [-0.05, 0) is 29.8 Å². The van der Waals surface area contributed by atoms with Crippen molar-refractivity contribution in [2.45, 2.75) is 23.6 Å². The quantitative estimate of drug-likeness (QED) is 0.449. The van der Waals surface area contributed by atoms with Gasteiger partial charge in [0.1, 0.15) is 0 Å². The number of hydrogen-bond acceptors (Lipinski definition) is 3. The monoisotopic (exact) mass is 361 g/mol. The van der Waals surface area contributed by atoms with Crippen LogP contribution in [0.5, 0.6) is 5.75 Å². The van der Waals surface area contributed by atoms with Crippen LogP contribution in [-0.4, -0.2) is 31.9 Å². The Labute approximate surface area is 152 Å². The number of nitrogens with one attached hydrogen (secondary N) is 2. The second kappa shape index (κ2) is 9.93. The number of ether oxygens (including phenoxy) is 1. The van der Waals surface area contributed by atoms with Gasteiger partial charge in [0.2, 0.25) is 0 Å². The second-order valence-corrected chi connectivity index (χ2v) is 7.03. The highest BCUT2D eigenvalue weighted by molar-refractivity contribution is 8.00. The highest BCUT2D eigenvalue weighted by Crippen LogP contribution is 2.22. The van der Waals surface area contributed by atoms with Gasteiger partial charge < -0.3 is 15.4 Å². The smallest absolute Gasteiger partial charge is 0.191 e. The third-order valence-corrected chi connectivity index (χ3v) is 4.65. The van der Waals surface area contributed by atoms with Gasteiger partial charge >= 0.3 is 0 Å². The molecule has 2 aromatic rings. The Morgan fingerprint density at radius 2 is 1.96 bits per heavy atom. The molecular formula is C19H24FN3OS. The summed E-state index contributed by atoms with van der Waals surface area (Å²) in [5, 5.41) is 6.88. The number of halogens is 1. The van der Waals surface area contributed by atoms with Crippen molar-refractivity contribution in [1.82, 2.24) is 10.6 Å². The molecule has 0 heterocycles. The molecule has 0 saturated carbocycles. The number of aliphatic imine (C=N–C) groups is 1. The average Bonchev–Trinajstić information content (AvgIpc) is 2.63. The topological polar surface area (TPSA) is 45.7 Å². The van der Waals surface area contributed by atoms with E-state index in [1.54, 1.807) is 13.1 Å². The zero-order valence-electron chi connectivity index (χ0n) is 14.8. The van der Waals surface area contributed by atoms with Gasteiger partial charge in [-0.15, -0.1) is 11.8 Å². The molecule has 0 fully saturated rings. The molecule has 0 bridgehead atoms. The van der Waals surface area contributed by atoms with Crippen molar-refractivity contribution in [2.24, 2.45) is 4.99 Å². The molecule has 1 unspecified atom stereocenters. The predicted molar refractivity (Wildman–Crippen MR) is 103 cm³/mol. The molecule has 4 nitrogen and oxygen atoms in total. The van der Waals surface area contributed by atoms with E-state index in [0.717, 1.165) is 12.1 Å². The zero-order valence-corrected chi connectivity index (χ0v) is 15.6. The fourth-order valence-electron chi connectivity index (χ4n) is 2.24. The van der Waals surface area contributed by atoms with E-state index >= 15 is 0 Å². The number of hydrogen-bond donors (Lipinski definition) is 2. The summed E-state index contributed by atoms with van der Waals surface area (Å²) < 4.78 is 18.6. The predicted octanol–water partition coefficient (Wildman–Crippen LogP) is 3.68. The lowest BCUT2D eigenvalue weighted by Gasteiger charge is -2.16. The molecule has 0 amide bonds. The molecule has 0 spiro atoms. The van der Waals surface area contributed by atoms with Crippen molar-refractivity contribution >= 4 is 17.7 Å². The minimum Gasteiger partial charge on any atom is -0.494 e. The van der Waals surface area contributed by atoms with Gasteiger partial charge in [0.05, 0.1) is 7.11 Å². The van der Waals surface area contributed by atoms with E-state index in [2.05, 4.69) is 34.7 Å². The van der Waals surface area contributed by atoms with Crippen molar-refractivity contribution in [2.75, 3.05) is 20.7 Å². The Kier molecular flexibility index (Phi) is 7.60. The van der Waals surface area contributed by atoms with Crippen LogP contribution in [0.4, 0.5) is 4.39 Å². The van der Waals surface area contributed by atoms with Crippen molar-refractivity contribution in [1.29, 1.82) is 0 Å². The number of benzene rings is 2. The van der Waals surface area contributed by atoms with E-state index < -0.39 is 0 Å². The SMILES string of the molecule is CN=C(NCc1ccc(OC)c(F)c1)NCC(C)Sc1ccccc1. The lowest BCUT2D eigenvalue weighted by molar-refractivity contribution is 0.386. The largest absolute Gasteiger partial charge is 0.494 e. The molecule has 2 rings (SSSR count). The summed E-state index contributed by atoms with van der Waals surface area (Å²) in [6, 6.07) is 15.2. The van der Waals surface area contributed by atoms with Crippen LogP contribution in [0.15, 0.2) is 58.4 Å². The number of rotatable bonds is 7. The Hall–Kier alpha value is -2.21. The number of guanidine groups is 1. The van der Waals surface area contributed by atoms with Crippen LogP contribution in [0, 0.1) is 5.82 Å². The molecule has 0 radical (unpaired) electrons. The van der Waals surface area contributed by atoms with Gasteiger partial charge in [0.15, 0.2) is 17.5 Å². The van der Waals surface area contributed by atoms with E-state index in [0.29, 0.717) is 17.8 Å². The van der Waals surface area contributed by atoms with E-state index in [4.69, 9.17) is 4.74 Å². The Morgan fingerprint density at radius 3 is 2.60 bits per heavy atom. The number of nitrogens with zero attached hydrogens (tertiary/aromatic N) is 1. The minimum atomic E-state index is -0.363. The summed E-state index contributed by atoms with van der Waals surface area (Å²) in [7, 11) is 3.18. The molecule has 0 saturated heterocycles. The third-order valence-electron chi connectivity index (χ3n) is 3.54. The summed E-state index contributed by atoms with van der Waals surface area (Å²) >= 11 is 1.81. The Balaban J connectivity index is 1.79. The van der Waals surface area contributed by atoms with Crippen LogP contribution in [0.25, 0.3) is 0 Å². The van der Waals surface area contributed by atoms with Crippen LogP contribution >= 0.6 is 11.8 Å². The molecule has 1 atom stereocenters. The first-order valence-electron chi connectivity index (χ1n) is 8.11. The maximum absolute atomic E-state index is 13.7. The maximum Gasteiger partial charge on any atom is 0.191 e. The Morgan fingerprint density at radius 1 is 1.20 bits per heavy atom. The molecule has 0 aromatic heterocycles. The van der Waals surface area contributed by atoms with Crippen molar-refractivity contribution in [3.05, 3.63) is 59.9 Å². The highest BCUT2D eigenvalue weighted by atomic mass is 32.2. The molecule has 0 aliphatic heterocycles. The van der Waals surface area contributed by atoms with E-state index in [9.17, 15) is 4.39 Å². The van der Waals surface area contributed by atoms with E-state index in [1.165, 1.54) is 18.1 Å². The Bertz CT molecular complexity index is 694. The van der Waals surface area contributed by atoms with Crippen molar-refractivity contribution in [3.63, 3.8) is 0 Å². The lowest BCUT2D eigenvalue weighted by Crippen LogP contribution is -2.39. The first-order valence-corrected chi connectivity index (χ1v) is 8.99. The molecule has 6 heteroatoms. The molecular weight excluding hydrogens is 337 g/mol. The van der Waals surface area contributed by atoms with Crippen LogP contribution in [0.1, 0.15) is 12.5 Å². The van der Waals surface area contributed by atoms with Crippen LogP contribution in [-0.2, 0) is 6.54 Å².